The minimum atomic E-state index is -0.314. The Balaban J connectivity index is 2.09. The Morgan fingerprint density at radius 1 is 1.29 bits per heavy atom. The van der Waals surface area contributed by atoms with Crippen LogP contribution in [0.1, 0.15) is 11.3 Å². The van der Waals surface area contributed by atoms with Crippen molar-refractivity contribution in [1.29, 1.82) is 0 Å². The van der Waals surface area contributed by atoms with Gasteiger partial charge in [0.1, 0.15) is 18.2 Å². The lowest BCUT2D eigenvalue weighted by Gasteiger charge is -2.08. The largest absolute Gasteiger partial charge is 0.487 e. The standard InChI is InChI=1S/C13H13FN2O/c1-9-2-3-10(14)6-13(9)17-8-12-7-11(15)4-5-16-12/h2-7H,8H2,1H3,(H2,15,16). The number of hydrogen-bond donors (Lipinski definition) is 1. The molecule has 0 amide bonds. The van der Waals surface area contributed by atoms with Crippen LogP contribution in [0.15, 0.2) is 36.5 Å². The molecule has 0 saturated carbocycles. The van der Waals surface area contributed by atoms with Gasteiger partial charge in [-0.05, 0) is 30.7 Å². The topological polar surface area (TPSA) is 48.1 Å². The second-order valence-corrected chi connectivity index (χ2v) is 3.78. The third-order valence-corrected chi connectivity index (χ3v) is 2.37. The van der Waals surface area contributed by atoms with Crippen molar-refractivity contribution in [3.8, 4) is 5.75 Å². The van der Waals surface area contributed by atoms with Crippen LogP contribution in [-0.2, 0) is 6.61 Å². The molecule has 0 fully saturated rings. The van der Waals surface area contributed by atoms with Gasteiger partial charge in [-0.2, -0.15) is 0 Å². The van der Waals surface area contributed by atoms with Crippen LogP contribution in [0.5, 0.6) is 5.75 Å². The number of benzene rings is 1. The fourth-order valence-corrected chi connectivity index (χ4v) is 1.46. The molecule has 88 valence electrons. The van der Waals surface area contributed by atoms with Gasteiger partial charge in [-0.1, -0.05) is 6.07 Å². The number of halogens is 1. The number of nitrogens with zero attached hydrogens (tertiary/aromatic N) is 1. The van der Waals surface area contributed by atoms with Crippen LogP contribution in [0.2, 0.25) is 0 Å². The van der Waals surface area contributed by atoms with Crippen LogP contribution >= 0.6 is 0 Å². The molecule has 0 saturated heterocycles. The van der Waals surface area contributed by atoms with E-state index in [1.165, 1.54) is 12.1 Å². The highest BCUT2D eigenvalue weighted by molar-refractivity contribution is 5.37. The summed E-state index contributed by atoms with van der Waals surface area (Å²) in [4.78, 5) is 4.11. The molecular formula is C13H13FN2O. The molecule has 3 nitrogen and oxygen atoms in total. The number of nitrogens with two attached hydrogens (primary N) is 1. The molecule has 2 aromatic rings. The zero-order valence-electron chi connectivity index (χ0n) is 9.48. The molecule has 1 aromatic heterocycles. The zero-order valence-corrected chi connectivity index (χ0v) is 9.48. The number of aryl methyl sites for hydroxylation is 1. The molecule has 1 heterocycles. The molecule has 0 aliphatic carbocycles. The van der Waals surface area contributed by atoms with E-state index in [-0.39, 0.29) is 12.4 Å². The number of hydrogen-bond acceptors (Lipinski definition) is 3. The number of rotatable bonds is 3. The number of nitrogen functional groups attached to an aromatic ring is 1. The van der Waals surface area contributed by atoms with E-state index in [0.29, 0.717) is 17.1 Å². The van der Waals surface area contributed by atoms with E-state index in [9.17, 15) is 4.39 Å². The minimum absolute atomic E-state index is 0.273. The first kappa shape index (κ1) is 11.4. The Kier molecular flexibility index (Phi) is 3.23. The molecule has 0 atom stereocenters. The van der Waals surface area contributed by atoms with Gasteiger partial charge >= 0.3 is 0 Å². The van der Waals surface area contributed by atoms with Crippen molar-refractivity contribution in [3.05, 3.63) is 53.6 Å². The van der Waals surface area contributed by atoms with Gasteiger partial charge in [-0.15, -0.1) is 0 Å². The van der Waals surface area contributed by atoms with Crippen molar-refractivity contribution in [2.75, 3.05) is 5.73 Å². The van der Waals surface area contributed by atoms with Crippen LogP contribution in [0.3, 0.4) is 0 Å². The highest BCUT2D eigenvalue weighted by atomic mass is 19.1. The lowest BCUT2D eigenvalue weighted by atomic mass is 10.2. The van der Waals surface area contributed by atoms with Gasteiger partial charge in [-0.25, -0.2) is 4.39 Å². The maximum atomic E-state index is 13.0. The maximum absolute atomic E-state index is 13.0. The summed E-state index contributed by atoms with van der Waals surface area (Å²) in [7, 11) is 0. The number of anilines is 1. The quantitative estimate of drug-likeness (QED) is 0.885. The zero-order chi connectivity index (χ0) is 12.3. The van der Waals surface area contributed by atoms with Crippen molar-refractivity contribution in [1.82, 2.24) is 4.98 Å². The second-order valence-electron chi connectivity index (χ2n) is 3.78. The van der Waals surface area contributed by atoms with Gasteiger partial charge in [0, 0.05) is 18.0 Å². The van der Waals surface area contributed by atoms with E-state index in [0.717, 1.165) is 5.56 Å². The van der Waals surface area contributed by atoms with Crippen molar-refractivity contribution < 1.29 is 9.13 Å². The predicted molar refractivity (Wildman–Crippen MR) is 64.1 cm³/mol. The fourth-order valence-electron chi connectivity index (χ4n) is 1.46. The van der Waals surface area contributed by atoms with Crippen LogP contribution in [0, 0.1) is 12.7 Å². The van der Waals surface area contributed by atoms with E-state index in [1.807, 2.05) is 6.92 Å². The highest BCUT2D eigenvalue weighted by Gasteiger charge is 2.03. The molecule has 0 spiro atoms. The molecule has 1 aromatic carbocycles. The van der Waals surface area contributed by atoms with E-state index in [2.05, 4.69) is 4.98 Å². The van der Waals surface area contributed by atoms with Crippen molar-refractivity contribution in [3.63, 3.8) is 0 Å². The van der Waals surface area contributed by atoms with Crippen LogP contribution in [-0.4, -0.2) is 4.98 Å². The Morgan fingerprint density at radius 3 is 2.88 bits per heavy atom. The van der Waals surface area contributed by atoms with E-state index in [4.69, 9.17) is 10.5 Å². The molecule has 0 aliphatic rings. The SMILES string of the molecule is Cc1ccc(F)cc1OCc1cc(N)ccn1. The molecule has 0 aliphatic heterocycles. The second kappa shape index (κ2) is 4.82. The lowest BCUT2D eigenvalue weighted by molar-refractivity contribution is 0.298. The van der Waals surface area contributed by atoms with Crippen molar-refractivity contribution >= 4 is 5.69 Å². The van der Waals surface area contributed by atoms with E-state index >= 15 is 0 Å². The van der Waals surface area contributed by atoms with Gasteiger partial charge in [0.25, 0.3) is 0 Å². The normalized spacial score (nSPS) is 10.2. The first-order valence-corrected chi connectivity index (χ1v) is 5.24. The summed E-state index contributed by atoms with van der Waals surface area (Å²) in [5, 5.41) is 0. The summed E-state index contributed by atoms with van der Waals surface area (Å²) in [5.41, 5.74) is 7.86. The Bertz CT molecular complexity index is 529. The van der Waals surface area contributed by atoms with Crippen LogP contribution in [0.4, 0.5) is 10.1 Å². The molecule has 17 heavy (non-hydrogen) atoms. The Morgan fingerprint density at radius 2 is 2.12 bits per heavy atom. The predicted octanol–water partition coefficient (Wildman–Crippen LogP) is 2.69. The summed E-state index contributed by atoms with van der Waals surface area (Å²) in [6, 6.07) is 7.88. The maximum Gasteiger partial charge on any atom is 0.130 e. The van der Waals surface area contributed by atoms with Gasteiger partial charge in [0.2, 0.25) is 0 Å². The first-order chi connectivity index (χ1) is 8.15. The first-order valence-electron chi connectivity index (χ1n) is 5.24. The molecule has 0 bridgehead atoms. The average molecular weight is 232 g/mol. The monoisotopic (exact) mass is 232 g/mol. The summed E-state index contributed by atoms with van der Waals surface area (Å²) in [6.45, 7) is 2.14. The highest BCUT2D eigenvalue weighted by Crippen LogP contribution is 2.19. The molecule has 2 rings (SSSR count). The summed E-state index contributed by atoms with van der Waals surface area (Å²) in [6.07, 6.45) is 1.62. The van der Waals surface area contributed by atoms with E-state index in [1.54, 1.807) is 24.4 Å². The number of pyridine rings is 1. The molecule has 0 radical (unpaired) electrons. The van der Waals surface area contributed by atoms with Crippen molar-refractivity contribution in [2.24, 2.45) is 0 Å². The molecule has 2 N–H and O–H groups in total. The fraction of sp³-hybridized carbons (Fsp3) is 0.154. The minimum Gasteiger partial charge on any atom is -0.487 e. The summed E-state index contributed by atoms with van der Waals surface area (Å²) >= 11 is 0. The van der Waals surface area contributed by atoms with Gasteiger partial charge in [0.05, 0.1) is 5.69 Å². The van der Waals surface area contributed by atoms with Crippen LogP contribution < -0.4 is 10.5 Å². The number of ether oxygens (including phenoxy) is 1. The molecule has 0 unspecified atom stereocenters. The molecule has 4 heteroatoms. The average Bonchev–Trinajstić information content (AvgIpc) is 2.30. The van der Waals surface area contributed by atoms with Gasteiger partial charge < -0.3 is 10.5 Å². The Labute approximate surface area is 99.1 Å². The Hall–Kier alpha value is -2.10. The van der Waals surface area contributed by atoms with Crippen molar-refractivity contribution in [2.45, 2.75) is 13.5 Å². The smallest absolute Gasteiger partial charge is 0.130 e. The van der Waals surface area contributed by atoms with Crippen LogP contribution in [0.25, 0.3) is 0 Å². The lowest BCUT2D eigenvalue weighted by Crippen LogP contribution is -2.00. The third-order valence-electron chi connectivity index (χ3n) is 2.37. The van der Waals surface area contributed by atoms with Gasteiger partial charge in [-0.3, -0.25) is 4.98 Å². The molecular weight excluding hydrogens is 219 g/mol. The van der Waals surface area contributed by atoms with Gasteiger partial charge in [0.15, 0.2) is 0 Å². The third kappa shape index (κ3) is 2.93. The number of aromatic nitrogens is 1. The van der Waals surface area contributed by atoms with E-state index < -0.39 is 0 Å². The summed E-state index contributed by atoms with van der Waals surface area (Å²) < 4.78 is 18.5. The summed E-state index contributed by atoms with van der Waals surface area (Å²) in [5.74, 6) is 0.209.